The van der Waals surface area contributed by atoms with Crippen molar-refractivity contribution in [3.63, 3.8) is 0 Å². The Morgan fingerprint density at radius 2 is 2.11 bits per heavy atom. The maximum atomic E-state index is 5.17. The molecule has 18 heavy (non-hydrogen) atoms. The Kier molecular flexibility index (Phi) is 4.87. The maximum Gasteiger partial charge on any atom is 0.0949 e. The van der Waals surface area contributed by atoms with E-state index in [0.717, 1.165) is 17.1 Å². The first-order chi connectivity index (χ1) is 8.83. The van der Waals surface area contributed by atoms with E-state index in [2.05, 4.69) is 27.8 Å². The number of rotatable bonds is 6. The highest BCUT2D eigenvalue weighted by Crippen LogP contribution is 2.22. The van der Waals surface area contributed by atoms with Crippen molar-refractivity contribution < 1.29 is 4.74 Å². The van der Waals surface area contributed by atoms with Gasteiger partial charge in [0.05, 0.1) is 17.3 Å². The number of benzene rings is 1. The highest BCUT2D eigenvalue weighted by atomic mass is 32.1. The standard InChI is InChI=1S/C14H18N2OS/c1-15-12(9-17-2)8-14-16-13(10-18-14)11-6-4-3-5-7-11/h3-7,10,12,15H,8-9H2,1-2H3. The Labute approximate surface area is 112 Å². The molecule has 3 nitrogen and oxygen atoms in total. The average molecular weight is 262 g/mol. The number of methoxy groups -OCH3 is 1. The number of aromatic nitrogens is 1. The molecule has 1 N–H and O–H groups in total. The summed E-state index contributed by atoms with van der Waals surface area (Å²) in [6.45, 7) is 0.705. The number of nitrogens with zero attached hydrogens (tertiary/aromatic N) is 1. The minimum Gasteiger partial charge on any atom is -0.383 e. The summed E-state index contributed by atoms with van der Waals surface area (Å²) >= 11 is 1.71. The van der Waals surface area contributed by atoms with E-state index in [9.17, 15) is 0 Å². The van der Waals surface area contributed by atoms with Crippen LogP contribution in [-0.2, 0) is 11.2 Å². The largest absolute Gasteiger partial charge is 0.383 e. The monoisotopic (exact) mass is 262 g/mol. The molecule has 0 radical (unpaired) electrons. The molecular weight excluding hydrogens is 244 g/mol. The lowest BCUT2D eigenvalue weighted by Crippen LogP contribution is -2.31. The molecule has 2 rings (SSSR count). The van der Waals surface area contributed by atoms with Gasteiger partial charge in [-0.2, -0.15) is 0 Å². The van der Waals surface area contributed by atoms with E-state index in [1.807, 2.05) is 25.2 Å². The van der Waals surface area contributed by atoms with Crippen molar-refractivity contribution in [3.05, 3.63) is 40.7 Å². The van der Waals surface area contributed by atoms with E-state index in [0.29, 0.717) is 12.6 Å². The first kappa shape index (κ1) is 13.2. The van der Waals surface area contributed by atoms with Gasteiger partial charge in [0, 0.05) is 30.5 Å². The first-order valence-corrected chi connectivity index (χ1v) is 6.87. The lowest BCUT2D eigenvalue weighted by atomic mass is 10.2. The van der Waals surface area contributed by atoms with Crippen LogP contribution in [0.15, 0.2) is 35.7 Å². The molecule has 1 unspecified atom stereocenters. The Bertz CT molecular complexity index is 470. The fourth-order valence-corrected chi connectivity index (χ4v) is 2.69. The summed E-state index contributed by atoms with van der Waals surface area (Å²) in [6.07, 6.45) is 0.905. The quantitative estimate of drug-likeness (QED) is 0.869. The second-order valence-electron chi connectivity index (χ2n) is 4.14. The van der Waals surface area contributed by atoms with Gasteiger partial charge in [-0.15, -0.1) is 11.3 Å². The third-order valence-electron chi connectivity index (χ3n) is 2.82. The van der Waals surface area contributed by atoms with E-state index in [-0.39, 0.29) is 0 Å². The van der Waals surface area contributed by atoms with E-state index in [1.165, 1.54) is 5.56 Å². The molecule has 0 amide bonds. The Morgan fingerprint density at radius 3 is 2.78 bits per heavy atom. The van der Waals surface area contributed by atoms with Crippen molar-refractivity contribution in [2.75, 3.05) is 20.8 Å². The fourth-order valence-electron chi connectivity index (χ4n) is 1.80. The van der Waals surface area contributed by atoms with E-state index < -0.39 is 0 Å². The van der Waals surface area contributed by atoms with Crippen LogP contribution in [0.1, 0.15) is 5.01 Å². The summed E-state index contributed by atoms with van der Waals surface area (Å²) in [6, 6.07) is 10.6. The van der Waals surface area contributed by atoms with Gasteiger partial charge in [0.1, 0.15) is 0 Å². The molecule has 0 spiro atoms. The predicted molar refractivity (Wildman–Crippen MR) is 76.0 cm³/mol. The minimum atomic E-state index is 0.324. The zero-order chi connectivity index (χ0) is 12.8. The molecule has 0 bridgehead atoms. The Morgan fingerprint density at radius 1 is 1.33 bits per heavy atom. The summed E-state index contributed by atoms with van der Waals surface area (Å²) in [4.78, 5) is 4.67. The molecule has 0 fully saturated rings. The molecule has 0 saturated carbocycles. The van der Waals surface area contributed by atoms with Crippen LogP contribution in [0.5, 0.6) is 0 Å². The second-order valence-corrected chi connectivity index (χ2v) is 5.08. The summed E-state index contributed by atoms with van der Waals surface area (Å²) in [7, 11) is 3.68. The van der Waals surface area contributed by atoms with Gasteiger partial charge in [-0.25, -0.2) is 4.98 Å². The molecular formula is C14H18N2OS. The van der Waals surface area contributed by atoms with E-state index >= 15 is 0 Å². The highest BCUT2D eigenvalue weighted by molar-refractivity contribution is 7.09. The summed E-state index contributed by atoms with van der Waals surface area (Å²) < 4.78 is 5.17. The predicted octanol–water partition coefficient (Wildman–Crippen LogP) is 2.59. The Balaban J connectivity index is 2.06. The van der Waals surface area contributed by atoms with Gasteiger partial charge in [0.25, 0.3) is 0 Å². The van der Waals surface area contributed by atoms with Crippen molar-refractivity contribution in [1.82, 2.24) is 10.3 Å². The normalized spacial score (nSPS) is 12.6. The van der Waals surface area contributed by atoms with Crippen molar-refractivity contribution in [2.45, 2.75) is 12.5 Å². The zero-order valence-electron chi connectivity index (χ0n) is 10.7. The smallest absolute Gasteiger partial charge is 0.0949 e. The number of hydrogen-bond donors (Lipinski definition) is 1. The third kappa shape index (κ3) is 3.38. The van der Waals surface area contributed by atoms with Gasteiger partial charge in [0.2, 0.25) is 0 Å². The molecule has 1 atom stereocenters. The topological polar surface area (TPSA) is 34.1 Å². The summed E-state index contributed by atoms with van der Waals surface area (Å²) in [5, 5.41) is 6.50. The lowest BCUT2D eigenvalue weighted by Gasteiger charge is -2.12. The van der Waals surface area contributed by atoms with Crippen LogP contribution < -0.4 is 5.32 Å². The number of nitrogens with one attached hydrogen (secondary N) is 1. The van der Waals surface area contributed by atoms with Crippen molar-refractivity contribution in [2.24, 2.45) is 0 Å². The van der Waals surface area contributed by atoms with Crippen LogP contribution in [0, 0.1) is 0 Å². The summed E-state index contributed by atoms with van der Waals surface area (Å²) in [5.74, 6) is 0. The van der Waals surface area contributed by atoms with Crippen molar-refractivity contribution in [3.8, 4) is 11.3 Å². The van der Waals surface area contributed by atoms with Gasteiger partial charge in [-0.1, -0.05) is 30.3 Å². The van der Waals surface area contributed by atoms with Gasteiger partial charge in [-0.05, 0) is 7.05 Å². The molecule has 1 heterocycles. The average Bonchev–Trinajstić information content (AvgIpc) is 2.88. The fraction of sp³-hybridized carbons (Fsp3) is 0.357. The molecule has 0 saturated heterocycles. The molecule has 1 aromatic carbocycles. The molecule has 2 aromatic rings. The van der Waals surface area contributed by atoms with E-state index in [4.69, 9.17) is 4.74 Å². The van der Waals surface area contributed by atoms with Gasteiger partial charge in [-0.3, -0.25) is 0 Å². The molecule has 1 aromatic heterocycles. The minimum absolute atomic E-state index is 0.324. The number of likely N-dealkylation sites (N-methyl/N-ethyl adjacent to an activating group) is 1. The highest BCUT2D eigenvalue weighted by Gasteiger charge is 2.10. The number of hydrogen-bond acceptors (Lipinski definition) is 4. The SMILES string of the molecule is CNC(COC)Cc1nc(-c2ccccc2)cs1. The van der Waals surface area contributed by atoms with Crippen LogP contribution >= 0.6 is 11.3 Å². The second kappa shape index (κ2) is 6.64. The van der Waals surface area contributed by atoms with Gasteiger partial charge >= 0.3 is 0 Å². The van der Waals surface area contributed by atoms with Crippen molar-refractivity contribution in [1.29, 1.82) is 0 Å². The van der Waals surface area contributed by atoms with E-state index in [1.54, 1.807) is 18.4 Å². The van der Waals surface area contributed by atoms with Crippen LogP contribution in [0.4, 0.5) is 0 Å². The molecule has 0 aliphatic rings. The van der Waals surface area contributed by atoms with Crippen LogP contribution in [-0.4, -0.2) is 31.8 Å². The molecule has 0 aliphatic carbocycles. The maximum absolute atomic E-state index is 5.17. The number of ether oxygens (including phenoxy) is 1. The zero-order valence-corrected chi connectivity index (χ0v) is 11.5. The summed E-state index contributed by atoms with van der Waals surface area (Å²) in [5.41, 5.74) is 2.23. The van der Waals surface area contributed by atoms with Gasteiger partial charge in [0.15, 0.2) is 0 Å². The Hall–Kier alpha value is -1.23. The van der Waals surface area contributed by atoms with Crippen LogP contribution in [0.3, 0.4) is 0 Å². The number of thiazole rings is 1. The molecule has 96 valence electrons. The lowest BCUT2D eigenvalue weighted by molar-refractivity contribution is 0.169. The molecule has 0 aliphatic heterocycles. The third-order valence-corrected chi connectivity index (χ3v) is 3.69. The van der Waals surface area contributed by atoms with Crippen LogP contribution in [0.25, 0.3) is 11.3 Å². The van der Waals surface area contributed by atoms with Gasteiger partial charge < -0.3 is 10.1 Å². The van der Waals surface area contributed by atoms with Crippen molar-refractivity contribution >= 4 is 11.3 Å². The van der Waals surface area contributed by atoms with Crippen LogP contribution in [0.2, 0.25) is 0 Å². The first-order valence-electron chi connectivity index (χ1n) is 5.99. The molecule has 4 heteroatoms.